The van der Waals surface area contributed by atoms with Crippen molar-refractivity contribution in [3.63, 3.8) is 0 Å². The Kier molecular flexibility index (Phi) is 3.65. The van der Waals surface area contributed by atoms with Crippen LogP contribution in [0.25, 0.3) is 10.8 Å². The van der Waals surface area contributed by atoms with E-state index in [1.807, 2.05) is 6.92 Å². The van der Waals surface area contributed by atoms with Crippen molar-refractivity contribution in [3.8, 4) is 11.9 Å². The molecule has 27 heavy (non-hydrogen) atoms. The highest BCUT2D eigenvalue weighted by molar-refractivity contribution is 6.14. The van der Waals surface area contributed by atoms with Gasteiger partial charge in [0.15, 0.2) is 5.82 Å². The van der Waals surface area contributed by atoms with Crippen LogP contribution in [0.2, 0.25) is 0 Å². The van der Waals surface area contributed by atoms with Crippen molar-refractivity contribution in [2.24, 2.45) is 4.99 Å². The van der Waals surface area contributed by atoms with Crippen LogP contribution in [-0.4, -0.2) is 48.2 Å². The minimum Gasteiger partial charge on any atom is -0.474 e. The number of aromatic nitrogens is 2. The molecule has 5 heterocycles. The van der Waals surface area contributed by atoms with Crippen molar-refractivity contribution < 1.29 is 9.47 Å². The number of hydrogen-bond donors (Lipinski definition) is 1. The average molecular weight is 364 g/mol. The van der Waals surface area contributed by atoms with E-state index in [9.17, 15) is 5.26 Å². The number of pyridine rings is 2. The number of morpholine rings is 1. The second-order valence-electron chi connectivity index (χ2n) is 7.01. The van der Waals surface area contributed by atoms with Crippen LogP contribution in [-0.2, 0) is 11.2 Å². The van der Waals surface area contributed by atoms with E-state index in [2.05, 4.69) is 33.2 Å². The number of amidine groups is 1. The molecule has 1 fully saturated rings. The molecule has 0 saturated carbocycles. The van der Waals surface area contributed by atoms with E-state index in [0.29, 0.717) is 55.2 Å². The van der Waals surface area contributed by atoms with Crippen molar-refractivity contribution >= 4 is 34.1 Å². The SMILES string of the molecule is CC[C@@H]1Cc2c(nc3c4c(nc(N5CCOCC5)c(C#N)c24)NC(C)=N3)O1. The molecule has 1 N–H and O–H groups in total. The van der Waals surface area contributed by atoms with Gasteiger partial charge < -0.3 is 19.7 Å². The van der Waals surface area contributed by atoms with Gasteiger partial charge >= 0.3 is 0 Å². The minimum atomic E-state index is 0.0831. The Bertz CT molecular complexity index is 1020. The molecule has 0 aromatic carbocycles. The van der Waals surface area contributed by atoms with Crippen LogP contribution < -0.4 is 15.0 Å². The molecule has 5 rings (SSSR count). The maximum Gasteiger partial charge on any atom is 0.219 e. The average Bonchev–Trinajstić information content (AvgIpc) is 3.11. The lowest BCUT2D eigenvalue weighted by molar-refractivity contribution is 0.122. The highest BCUT2D eigenvalue weighted by atomic mass is 16.5. The summed E-state index contributed by atoms with van der Waals surface area (Å²) in [6, 6.07) is 2.41. The van der Waals surface area contributed by atoms with Crippen LogP contribution in [0.4, 0.5) is 17.5 Å². The van der Waals surface area contributed by atoms with Gasteiger partial charge in [-0.25, -0.2) is 9.98 Å². The lowest BCUT2D eigenvalue weighted by Crippen LogP contribution is -2.37. The molecule has 3 aliphatic heterocycles. The summed E-state index contributed by atoms with van der Waals surface area (Å²) in [5.41, 5.74) is 1.57. The number of nitrogens with zero attached hydrogens (tertiary/aromatic N) is 5. The quantitative estimate of drug-likeness (QED) is 0.875. The fraction of sp³-hybridized carbons (Fsp3) is 0.474. The Labute approximate surface area is 156 Å². The lowest BCUT2D eigenvalue weighted by Gasteiger charge is -2.30. The summed E-state index contributed by atoms with van der Waals surface area (Å²) in [5.74, 6) is 3.31. The van der Waals surface area contributed by atoms with E-state index in [1.165, 1.54) is 0 Å². The van der Waals surface area contributed by atoms with Crippen LogP contribution in [0.15, 0.2) is 4.99 Å². The Morgan fingerprint density at radius 2 is 2.07 bits per heavy atom. The topological polar surface area (TPSA) is 95.7 Å². The van der Waals surface area contributed by atoms with Gasteiger partial charge in [0.2, 0.25) is 5.88 Å². The number of nitrogens with one attached hydrogen (secondary N) is 1. The zero-order valence-corrected chi connectivity index (χ0v) is 15.4. The number of fused-ring (bicyclic) bond motifs is 2. The largest absolute Gasteiger partial charge is 0.474 e. The molecule has 1 atom stereocenters. The van der Waals surface area contributed by atoms with Crippen molar-refractivity contribution in [2.45, 2.75) is 32.8 Å². The summed E-state index contributed by atoms with van der Waals surface area (Å²) in [6.45, 7) is 6.68. The summed E-state index contributed by atoms with van der Waals surface area (Å²) in [7, 11) is 0. The van der Waals surface area contributed by atoms with E-state index >= 15 is 0 Å². The fourth-order valence-electron chi connectivity index (χ4n) is 4.00. The highest BCUT2D eigenvalue weighted by Gasteiger charge is 2.33. The van der Waals surface area contributed by atoms with Gasteiger partial charge in [0.05, 0.1) is 18.6 Å². The molecule has 8 heteroatoms. The maximum atomic E-state index is 10.1. The number of anilines is 2. The van der Waals surface area contributed by atoms with Gasteiger partial charge in [0.1, 0.15) is 35.2 Å². The first-order valence-corrected chi connectivity index (χ1v) is 9.32. The van der Waals surface area contributed by atoms with Gasteiger partial charge in [-0.1, -0.05) is 6.92 Å². The molecule has 3 aliphatic rings. The van der Waals surface area contributed by atoms with Crippen LogP contribution in [0.3, 0.4) is 0 Å². The normalized spacial score (nSPS) is 20.6. The fourth-order valence-corrected chi connectivity index (χ4v) is 4.00. The summed E-state index contributed by atoms with van der Waals surface area (Å²) in [5, 5.41) is 15.0. The van der Waals surface area contributed by atoms with Gasteiger partial charge in [0, 0.05) is 30.5 Å². The van der Waals surface area contributed by atoms with Crippen LogP contribution in [0.1, 0.15) is 31.4 Å². The zero-order chi connectivity index (χ0) is 18.5. The number of rotatable bonds is 2. The smallest absolute Gasteiger partial charge is 0.219 e. The molecule has 8 nitrogen and oxygen atoms in total. The molecule has 0 bridgehead atoms. The van der Waals surface area contributed by atoms with Gasteiger partial charge in [-0.15, -0.1) is 0 Å². The Hall–Kier alpha value is -2.92. The first kappa shape index (κ1) is 16.3. The first-order valence-electron chi connectivity index (χ1n) is 9.32. The number of hydrogen-bond acceptors (Lipinski definition) is 8. The maximum absolute atomic E-state index is 10.1. The minimum absolute atomic E-state index is 0.0831. The van der Waals surface area contributed by atoms with E-state index in [4.69, 9.17) is 14.5 Å². The Balaban J connectivity index is 1.83. The molecule has 2 aromatic heterocycles. The second kappa shape index (κ2) is 6.06. The molecule has 1 saturated heterocycles. The van der Waals surface area contributed by atoms with Crippen molar-refractivity contribution in [2.75, 3.05) is 36.5 Å². The zero-order valence-electron chi connectivity index (χ0n) is 15.4. The van der Waals surface area contributed by atoms with Gasteiger partial charge in [0.25, 0.3) is 0 Å². The third kappa shape index (κ3) is 2.42. The molecular formula is C19H20N6O2. The molecule has 0 radical (unpaired) electrons. The predicted octanol–water partition coefficient (Wildman–Crippen LogP) is 2.53. The summed E-state index contributed by atoms with van der Waals surface area (Å²) in [6.07, 6.45) is 1.72. The van der Waals surface area contributed by atoms with E-state index in [0.717, 1.165) is 35.0 Å². The van der Waals surface area contributed by atoms with E-state index < -0.39 is 0 Å². The van der Waals surface area contributed by atoms with Crippen LogP contribution in [0, 0.1) is 11.3 Å². The van der Waals surface area contributed by atoms with Gasteiger partial charge in [-0.05, 0) is 13.3 Å². The molecule has 0 aliphatic carbocycles. The molecule has 2 aromatic rings. The van der Waals surface area contributed by atoms with Gasteiger partial charge in [-0.3, -0.25) is 0 Å². The van der Waals surface area contributed by atoms with Gasteiger partial charge in [-0.2, -0.15) is 10.2 Å². The molecular weight excluding hydrogens is 344 g/mol. The van der Waals surface area contributed by atoms with E-state index in [1.54, 1.807) is 0 Å². The third-order valence-electron chi connectivity index (χ3n) is 5.33. The molecule has 0 unspecified atom stereocenters. The summed E-state index contributed by atoms with van der Waals surface area (Å²) in [4.78, 5) is 16.1. The second-order valence-corrected chi connectivity index (χ2v) is 7.01. The lowest BCUT2D eigenvalue weighted by atomic mass is 9.98. The third-order valence-corrected chi connectivity index (χ3v) is 5.33. The predicted molar refractivity (Wildman–Crippen MR) is 102 cm³/mol. The van der Waals surface area contributed by atoms with Crippen LogP contribution in [0.5, 0.6) is 5.88 Å². The molecule has 0 amide bonds. The molecule has 138 valence electrons. The van der Waals surface area contributed by atoms with Crippen molar-refractivity contribution in [3.05, 3.63) is 11.1 Å². The summed E-state index contributed by atoms with van der Waals surface area (Å²) < 4.78 is 11.5. The first-order chi connectivity index (χ1) is 13.2. The van der Waals surface area contributed by atoms with E-state index in [-0.39, 0.29) is 6.10 Å². The van der Waals surface area contributed by atoms with Crippen molar-refractivity contribution in [1.29, 1.82) is 5.26 Å². The van der Waals surface area contributed by atoms with Crippen molar-refractivity contribution in [1.82, 2.24) is 9.97 Å². The number of nitriles is 1. The Morgan fingerprint density at radius 3 is 2.81 bits per heavy atom. The number of ether oxygens (including phenoxy) is 2. The summed E-state index contributed by atoms with van der Waals surface area (Å²) >= 11 is 0. The Morgan fingerprint density at radius 1 is 1.26 bits per heavy atom. The molecule has 0 spiro atoms. The number of aliphatic imine (C=N–C) groups is 1. The highest BCUT2D eigenvalue weighted by Crippen LogP contribution is 2.45. The van der Waals surface area contributed by atoms with Crippen LogP contribution >= 0.6 is 0 Å². The monoisotopic (exact) mass is 364 g/mol. The standard InChI is InChI=1S/C19H20N6O2/c1-3-11-8-12-14-13(9-20)18(25-4-6-26-7-5-25)23-16-15(14)17(22-10(2)21-16)24-19(12)27-11/h11H,3-8H2,1-2H3,(H,21,22,23,24)/t11-/m1/s1.